The van der Waals surface area contributed by atoms with Gasteiger partial charge in [0.25, 0.3) is 0 Å². The summed E-state index contributed by atoms with van der Waals surface area (Å²) in [6.45, 7) is 3.46. The van der Waals surface area contributed by atoms with E-state index in [4.69, 9.17) is 0 Å². The molecule has 5 rings (SSSR count). The molecule has 23 heavy (non-hydrogen) atoms. The van der Waals surface area contributed by atoms with Gasteiger partial charge >= 0.3 is 0 Å². The third-order valence-electron chi connectivity index (χ3n) is 6.77. The second-order valence-electron chi connectivity index (χ2n) is 8.67. The summed E-state index contributed by atoms with van der Waals surface area (Å²) in [4.78, 5) is 15.3. The molecule has 1 atom stereocenters. The van der Waals surface area contributed by atoms with Gasteiger partial charge in [0.05, 0.1) is 11.7 Å². The minimum atomic E-state index is -3.17. The Bertz CT molecular complexity index is 580. The van der Waals surface area contributed by atoms with Crippen LogP contribution in [0.4, 0.5) is 0 Å². The van der Waals surface area contributed by atoms with Gasteiger partial charge in [-0.2, -0.15) is 4.31 Å². The molecule has 1 saturated heterocycles. The Kier molecular flexibility index (Phi) is 3.58. The second kappa shape index (κ2) is 5.19. The zero-order valence-corrected chi connectivity index (χ0v) is 15.0. The summed E-state index contributed by atoms with van der Waals surface area (Å²) in [5.41, 5.74) is -0.109. The van der Waals surface area contributed by atoms with Crippen molar-refractivity contribution in [3.05, 3.63) is 0 Å². The van der Waals surface area contributed by atoms with Crippen molar-refractivity contribution in [2.45, 2.75) is 51.5 Å². The normalized spacial score (nSPS) is 43.8. The van der Waals surface area contributed by atoms with Gasteiger partial charge in [-0.15, -0.1) is 0 Å². The average molecular weight is 340 g/mol. The van der Waals surface area contributed by atoms with Crippen LogP contribution in [0.5, 0.6) is 0 Å². The minimum Gasteiger partial charge on any atom is -0.339 e. The molecule has 1 amide bonds. The van der Waals surface area contributed by atoms with Crippen LogP contribution in [0.1, 0.15) is 45.4 Å². The lowest BCUT2D eigenvalue weighted by molar-refractivity contribution is -0.159. The molecule has 130 valence electrons. The zero-order chi connectivity index (χ0) is 16.4. The highest BCUT2D eigenvalue weighted by molar-refractivity contribution is 7.88. The Morgan fingerprint density at radius 1 is 1.00 bits per heavy atom. The molecule has 5 nitrogen and oxygen atoms in total. The highest BCUT2D eigenvalue weighted by Crippen LogP contribution is 2.60. The monoisotopic (exact) mass is 340 g/mol. The molecule has 4 aliphatic carbocycles. The van der Waals surface area contributed by atoms with Crippen LogP contribution in [0.3, 0.4) is 0 Å². The summed E-state index contributed by atoms with van der Waals surface area (Å²) < 4.78 is 25.2. The number of rotatable bonds is 2. The van der Waals surface area contributed by atoms with Crippen molar-refractivity contribution in [2.75, 3.05) is 25.9 Å². The fraction of sp³-hybridized carbons (Fsp3) is 0.941. The molecule has 5 fully saturated rings. The van der Waals surface area contributed by atoms with E-state index in [2.05, 4.69) is 0 Å². The summed E-state index contributed by atoms with van der Waals surface area (Å²) in [5, 5.41) is 0. The van der Waals surface area contributed by atoms with Crippen LogP contribution in [-0.4, -0.2) is 55.5 Å². The lowest BCUT2D eigenvalue weighted by Gasteiger charge is -2.57. The van der Waals surface area contributed by atoms with Crippen molar-refractivity contribution < 1.29 is 13.2 Å². The van der Waals surface area contributed by atoms with Gasteiger partial charge in [-0.25, -0.2) is 8.42 Å². The molecule has 4 bridgehead atoms. The standard InChI is InChI=1S/C17H28N2O3S/c1-12-11-18(3-4-19(12)23(2,21)22)16(20)17-8-13-5-14(9-17)7-15(6-13)10-17/h12-15H,3-11H2,1-2H3/t12-,13?,14?,15?,17?/m0/s1. The van der Waals surface area contributed by atoms with E-state index in [-0.39, 0.29) is 11.5 Å². The number of piperazine rings is 1. The predicted octanol–water partition coefficient (Wildman–Crippen LogP) is 1.70. The first-order chi connectivity index (χ1) is 10.8. The quantitative estimate of drug-likeness (QED) is 0.769. The number of amides is 1. The van der Waals surface area contributed by atoms with Crippen molar-refractivity contribution in [1.29, 1.82) is 0 Å². The van der Waals surface area contributed by atoms with Crippen molar-refractivity contribution in [2.24, 2.45) is 23.2 Å². The highest BCUT2D eigenvalue weighted by Gasteiger charge is 2.56. The Hall–Kier alpha value is -0.620. The highest BCUT2D eigenvalue weighted by atomic mass is 32.2. The third kappa shape index (κ3) is 2.62. The first-order valence-corrected chi connectivity index (χ1v) is 10.9. The Morgan fingerprint density at radius 3 is 1.96 bits per heavy atom. The molecule has 4 saturated carbocycles. The van der Waals surface area contributed by atoms with E-state index in [0.29, 0.717) is 25.5 Å². The molecule has 0 unspecified atom stereocenters. The average Bonchev–Trinajstić information content (AvgIpc) is 2.43. The predicted molar refractivity (Wildman–Crippen MR) is 88.2 cm³/mol. The molecule has 0 aromatic heterocycles. The molecule has 0 aromatic rings. The summed E-state index contributed by atoms with van der Waals surface area (Å²) >= 11 is 0. The molecule has 0 radical (unpaired) electrons. The van der Waals surface area contributed by atoms with Crippen LogP contribution in [0.2, 0.25) is 0 Å². The molecule has 1 aliphatic heterocycles. The minimum absolute atomic E-state index is 0.109. The SMILES string of the molecule is C[C@H]1CN(C(=O)C23CC4CC(CC(C4)C2)C3)CCN1S(C)(=O)=O. The van der Waals surface area contributed by atoms with Gasteiger partial charge in [0, 0.05) is 25.7 Å². The maximum absolute atomic E-state index is 13.3. The van der Waals surface area contributed by atoms with Gasteiger partial charge in [0.2, 0.25) is 15.9 Å². The van der Waals surface area contributed by atoms with Crippen molar-refractivity contribution in [3.63, 3.8) is 0 Å². The fourth-order valence-electron chi connectivity index (χ4n) is 6.33. The van der Waals surface area contributed by atoms with Crippen LogP contribution < -0.4 is 0 Å². The van der Waals surface area contributed by atoms with E-state index < -0.39 is 10.0 Å². The summed E-state index contributed by atoms with van der Waals surface area (Å²) in [5.74, 6) is 2.62. The van der Waals surface area contributed by atoms with Gasteiger partial charge in [-0.1, -0.05) is 0 Å². The van der Waals surface area contributed by atoms with Crippen LogP contribution in [-0.2, 0) is 14.8 Å². The molecular weight excluding hydrogens is 312 g/mol. The number of carbonyl (C=O) groups excluding carboxylic acids is 1. The van der Waals surface area contributed by atoms with Gasteiger partial charge < -0.3 is 4.90 Å². The number of hydrogen-bond acceptors (Lipinski definition) is 3. The number of sulfonamides is 1. The van der Waals surface area contributed by atoms with Crippen molar-refractivity contribution in [1.82, 2.24) is 9.21 Å². The Labute approximate surface area is 139 Å². The topological polar surface area (TPSA) is 57.7 Å². The second-order valence-corrected chi connectivity index (χ2v) is 10.6. The van der Waals surface area contributed by atoms with Gasteiger partial charge in [0.15, 0.2) is 0 Å². The maximum Gasteiger partial charge on any atom is 0.228 e. The van der Waals surface area contributed by atoms with Crippen LogP contribution in [0.25, 0.3) is 0 Å². The first-order valence-electron chi connectivity index (χ1n) is 9.03. The Morgan fingerprint density at radius 2 is 1.52 bits per heavy atom. The fourth-order valence-corrected chi connectivity index (χ4v) is 7.46. The van der Waals surface area contributed by atoms with Crippen molar-refractivity contribution in [3.8, 4) is 0 Å². The molecular formula is C17H28N2O3S. The van der Waals surface area contributed by atoms with Crippen LogP contribution >= 0.6 is 0 Å². The van der Waals surface area contributed by atoms with E-state index in [0.717, 1.165) is 37.0 Å². The summed E-state index contributed by atoms with van der Waals surface area (Å²) in [6.07, 6.45) is 8.52. The van der Waals surface area contributed by atoms with Gasteiger partial charge in [-0.3, -0.25) is 4.79 Å². The number of hydrogen-bond donors (Lipinski definition) is 0. The third-order valence-corrected chi connectivity index (χ3v) is 8.17. The van der Waals surface area contributed by atoms with Crippen LogP contribution in [0, 0.1) is 23.2 Å². The lowest BCUT2D eigenvalue weighted by Crippen LogP contribution is -2.60. The lowest BCUT2D eigenvalue weighted by atomic mass is 9.49. The maximum atomic E-state index is 13.3. The van der Waals surface area contributed by atoms with Gasteiger partial charge in [0.1, 0.15) is 0 Å². The van der Waals surface area contributed by atoms with Crippen LogP contribution in [0.15, 0.2) is 0 Å². The summed E-state index contributed by atoms with van der Waals surface area (Å²) in [7, 11) is -3.17. The molecule has 0 N–H and O–H groups in total. The number of nitrogens with zero attached hydrogens (tertiary/aromatic N) is 2. The van der Waals surface area contributed by atoms with E-state index in [9.17, 15) is 13.2 Å². The molecule has 0 spiro atoms. The molecule has 5 aliphatic rings. The largest absolute Gasteiger partial charge is 0.339 e. The summed E-state index contributed by atoms with van der Waals surface area (Å²) in [6, 6.07) is -0.114. The molecule has 1 heterocycles. The van der Waals surface area contributed by atoms with Gasteiger partial charge in [-0.05, 0) is 63.2 Å². The van der Waals surface area contributed by atoms with E-state index in [1.807, 2.05) is 11.8 Å². The zero-order valence-electron chi connectivity index (χ0n) is 14.2. The Balaban J connectivity index is 1.50. The first kappa shape index (κ1) is 15.9. The van der Waals surface area contributed by atoms with E-state index in [1.54, 1.807) is 0 Å². The molecule has 6 heteroatoms. The van der Waals surface area contributed by atoms with E-state index in [1.165, 1.54) is 29.8 Å². The van der Waals surface area contributed by atoms with Crippen molar-refractivity contribution >= 4 is 15.9 Å². The molecule has 0 aromatic carbocycles. The van der Waals surface area contributed by atoms with E-state index >= 15 is 0 Å². The smallest absolute Gasteiger partial charge is 0.228 e. The number of carbonyl (C=O) groups is 1.